The predicted molar refractivity (Wildman–Crippen MR) is 78.4 cm³/mol. The Morgan fingerprint density at radius 3 is 2.55 bits per heavy atom. The van der Waals surface area contributed by atoms with Gasteiger partial charge in [0.1, 0.15) is 10.7 Å². The Hall–Kier alpha value is -1.67. The molecule has 0 radical (unpaired) electrons. The predicted octanol–water partition coefficient (Wildman–Crippen LogP) is 4.59. The molecular formula is C13H11ClF3N3OS. The van der Waals surface area contributed by atoms with Gasteiger partial charge in [-0.3, -0.25) is 4.79 Å². The number of rotatable bonds is 3. The lowest BCUT2D eigenvalue weighted by molar-refractivity contribution is -0.137. The highest BCUT2D eigenvalue weighted by Crippen LogP contribution is 2.35. The normalized spacial score (nSPS) is 11.8. The van der Waals surface area contributed by atoms with Crippen LogP contribution in [0.2, 0.25) is 5.02 Å². The lowest BCUT2D eigenvalue weighted by Crippen LogP contribution is -2.13. The first-order chi connectivity index (χ1) is 10.2. The largest absolute Gasteiger partial charge is 0.418 e. The smallest absolute Gasteiger partial charge is 0.306 e. The number of halogens is 4. The van der Waals surface area contributed by atoms with Crippen molar-refractivity contribution in [2.45, 2.75) is 25.9 Å². The summed E-state index contributed by atoms with van der Waals surface area (Å²) in [4.78, 5) is 20.1. The molecule has 2 aromatic rings. The summed E-state index contributed by atoms with van der Waals surface area (Å²) in [7, 11) is 0. The van der Waals surface area contributed by atoms with Crippen LogP contribution < -0.4 is 5.32 Å². The van der Waals surface area contributed by atoms with Gasteiger partial charge in [-0.1, -0.05) is 25.4 Å². The third-order valence-electron chi connectivity index (χ3n) is 2.64. The number of hydrogen-bond acceptors (Lipinski definition) is 4. The number of carbonyl (C=O) groups is 1. The average molecular weight is 350 g/mol. The van der Waals surface area contributed by atoms with Gasteiger partial charge < -0.3 is 5.32 Å². The van der Waals surface area contributed by atoms with Crippen LogP contribution in [0.3, 0.4) is 0 Å². The Balaban J connectivity index is 2.21. The summed E-state index contributed by atoms with van der Waals surface area (Å²) in [5.74, 6) is -0.620. The van der Waals surface area contributed by atoms with Crippen LogP contribution in [0, 0.1) is 0 Å². The highest BCUT2D eigenvalue weighted by atomic mass is 35.5. The van der Waals surface area contributed by atoms with Gasteiger partial charge in [0.05, 0.1) is 21.8 Å². The second-order valence-electron chi connectivity index (χ2n) is 4.72. The van der Waals surface area contributed by atoms with E-state index in [0.29, 0.717) is 10.9 Å². The minimum Gasteiger partial charge on any atom is -0.306 e. The third kappa shape index (κ3) is 3.75. The molecule has 0 unspecified atom stereocenters. The van der Waals surface area contributed by atoms with Crippen molar-refractivity contribution in [2.24, 2.45) is 0 Å². The number of nitrogens with one attached hydrogen (secondary N) is 1. The van der Waals surface area contributed by atoms with Crippen molar-refractivity contribution in [3.8, 4) is 0 Å². The van der Waals surface area contributed by atoms with Crippen molar-refractivity contribution in [1.82, 2.24) is 9.97 Å². The van der Waals surface area contributed by atoms with E-state index in [1.165, 1.54) is 17.5 Å². The molecule has 0 fully saturated rings. The summed E-state index contributed by atoms with van der Waals surface area (Å²) in [6.45, 7) is 3.85. The Morgan fingerprint density at radius 2 is 2.00 bits per heavy atom. The van der Waals surface area contributed by atoms with Crippen molar-refractivity contribution in [3.05, 3.63) is 38.9 Å². The van der Waals surface area contributed by atoms with E-state index in [4.69, 9.17) is 11.6 Å². The maximum atomic E-state index is 12.7. The summed E-state index contributed by atoms with van der Waals surface area (Å²) in [6.07, 6.45) is -2.38. The molecule has 0 aliphatic heterocycles. The quantitative estimate of drug-likeness (QED) is 0.882. The van der Waals surface area contributed by atoms with E-state index in [9.17, 15) is 18.0 Å². The van der Waals surface area contributed by atoms with Crippen molar-refractivity contribution < 1.29 is 18.0 Å². The molecular weight excluding hydrogens is 339 g/mol. The van der Waals surface area contributed by atoms with Gasteiger partial charge in [-0.15, -0.1) is 11.3 Å². The summed E-state index contributed by atoms with van der Waals surface area (Å²) in [5, 5.41) is 2.56. The summed E-state index contributed by atoms with van der Waals surface area (Å²) >= 11 is 6.65. The summed E-state index contributed by atoms with van der Waals surface area (Å²) in [5.41, 5.74) is -1.05. The molecule has 0 saturated heterocycles. The minimum absolute atomic E-state index is 0.164. The maximum absolute atomic E-state index is 12.7. The van der Waals surface area contributed by atoms with Crippen LogP contribution in [0.5, 0.6) is 0 Å². The van der Waals surface area contributed by atoms with Gasteiger partial charge in [0, 0.05) is 12.1 Å². The molecule has 4 nitrogen and oxygen atoms in total. The number of nitrogens with zero attached hydrogens (tertiary/aromatic N) is 2. The molecule has 0 atom stereocenters. The van der Waals surface area contributed by atoms with Crippen molar-refractivity contribution in [3.63, 3.8) is 0 Å². The summed E-state index contributed by atoms with van der Waals surface area (Å²) in [6, 6.07) is 0.699. The van der Waals surface area contributed by atoms with Crippen LogP contribution >= 0.6 is 22.9 Å². The van der Waals surface area contributed by atoms with Crippen LogP contribution in [-0.2, 0) is 6.18 Å². The summed E-state index contributed by atoms with van der Waals surface area (Å²) < 4.78 is 38.2. The Bertz CT molecular complexity index is 700. The van der Waals surface area contributed by atoms with Crippen LogP contribution in [0.1, 0.15) is 40.0 Å². The SMILES string of the molecule is CC(C)c1ncc(C(=O)Nc2cc(C(F)(F)F)c(Cl)cn2)s1. The minimum atomic E-state index is -4.62. The van der Waals surface area contributed by atoms with Gasteiger partial charge in [-0.2, -0.15) is 13.2 Å². The molecule has 0 spiro atoms. The first-order valence-electron chi connectivity index (χ1n) is 6.18. The monoisotopic (exact) mass is 349 g/mol. The fourth-order valence-electron chi connectivity index (χ4n) is 1.56. The molecule has 2 aromatic heterocycles. The standard InChI is InChI=1S/C13H11ClF3N3OS/c1-6(2)12-19-5-9(22-12)11(21)20-10-3-7(13(15,16)17)8(14)4-18-10/h3-6H,1-2H3,(H,18,20,21). The molecule has 0 aliphatic rings. The number of pyridine rings is 1. The van der Waals surface area contributed by atoms with E-state index < -0.39 is 22.7 Å². The fraction of sp³-hybridized carbons (Fsp3) is 0.308. The maximum Gasteiger partial charge on any atom is 0.418 e. The first kappa shape index (κ1) is 16.7. The topological polar surface area (TPSA) is 54.9 Å². The molecule has 0 aliphatic carbocycles. The molecule has 2 rings (SSSR count). The second kappa shape index (κ2) is 6.21. The Morgan fingerprint density at radius 1 is 1.32 bits per heavy atom. The number of hydrogen-bond donors (Lipinski definition) is 1. The van der Waals surface area contributed by atoms with E-state index in [1.807, 2.05) is 13.8 Å². The van der Waals surface area contributed by atoms with Gasteiger partial charge in [0.25, 0.3) is 5.91 Å². The molecule has 1 N–H and O–H groups in total. The molecule has 22 heavy (non-hydrogen) atoms. The lowest BCUT2D eigenvalue weighted by atomic mass is 10.2. The fourth-order valence-corrected chi connectivity index (χ4v) is 2.59. The lowest BCUT2D eigenvalue weighted by Gasteiger charge is -2.10. The van der Waals surface area contributed by atoms with E-state index in [-0.39, 0.29) is 11.7 Å². The average Bonchev–Trinajstić information content (AvgIpc) is 2.89. The van der Waals surface area contributed by atoms with Crippen LogP contribution in [-0.4, -0.2) is 15.9 Å². The van der Waals surface area contributed by atoms with Gasteiger partial charge in [0.2, 0.25) is 0 Å². The Kier molecular flexibility index (Phi) is 4.72. The van der Waals surface area contributed by atoms with Gasteiger partial charge in [-0.25, -0.2) is 9.97 Å². The third-order valence-corrected chi connectivity index (χ3v) is 4.24. The zero-order valence-electron chi connectivity index (χ0n) is 11.5. The highest BCUT2D eigenvalue weighted by Gasteiger charge is 2.34. The highest BCUT2D eigenvalue weighted by molar-refractivity contribution is 7.13. The van der Waals surface area contributed by atoms with E-state index in [2.05, 4.69) is 15.3 Å². The molecule has 2 heterocycles. The number of thiazole rings is 1. The molecule has 1 amide bonds. The van der Waals surface area contributed by atoms with E-state index in [1.54, 1.807) is 0 Å². The van der Waals surface area contributed by atoms with E-state index in [0.717, 1.165) is 11.2 Å². The van der Waals surface area contributed by atoms with Crippen molar-refractivity contribution >= 4 is 34.7 Å². The zero-order valence-corrected chi connectivity index (χ0v) is 13.1. The van der Waals surface area contributed by atoms with Crippen LogP contribution in [0.4, 0.5) is 19.0 Å². The van der Waals surface area contributed by atoms with Crippen molar-refractivity contribution in [1.29, 1.82) is 0 Å². The van der Waals surface area contributed by atoms with Crippen molar-refractivity contribution in [2.75, 3.05) is 5.32 Å². The molecule has 0 saturated carbocycles. The van der Waals surface area contributed by atoms with Gasteiger partial charge >= 0.3 is 6.18 Å². The molecule has 118 valence electrons. The number of amides is 1. The second-order valence-corrected chi connectivity index (χ2v) is 6.19. The Labute approximate surface area is 133 Å². The zero-order chi connectivity index (χ0) is 16.5. The number of aromatic nitrogens is 2. The number of carbonyl (C=O) groups excluding carboxylic acids is 1. The molecule has 0 aromatic carbocycles. The molecule has 9 heteroatoms. The van der Waals surface area contributed by atoms with Crippen LogP contribution in [0.15, 0.2) is 18.5 Å². The molecule has 0 bridgehead atoms. The van der Waals surface area contributed by atoms with Gasteiger partial charge in [0.15, 0.2) is 0 Å². The number of anilines is 1. The van der Waals surface area contributed by atoms with Gasteiger partial charge in [-0.05, 0) is 6.07 Å². The first-order valence-corrected chi connectivity index (χ1v) is 7.37. The number of alkyl halides is 3. The van der Waals surface area contributed by atoms with E-state index >= 15 is 0 Å². The van der Waals surface area contributed by atoms with Crippen LogP contribution in [0.25, 0.3) is 0 Å².